The van der Waals surface area contributed by atoms with E-state index < -0.39 is 0 Å². The van der Waals surface area contributed by atoms with Crippen molar-refractivity contribution in [3.8, 4) is 0 Å². The molecule has 0 radical (unpaired) electrons. The summed E-state index contributed by atoms with van der Waals surface area (Å²) in [6.45, 7) is 7.29. The van der Waals surface area contributed by atoms with Crippen molar-refractivity contribution in [2.75, 3.05) is 58.3 Å². The van der Waals surface area contributed by atoms with Crippen molar-refractivity contribution in [2.45, 2.75) is 16.2 Å². The van der Waals surface area contributed by atoms with Gasteiger partial charge in [0, 0.05) is 36.0 Å². The van der Waals surface area contributed by atoms with Gasteiger partial charge in [-0.2, -0.15) is 0 Å². The van der Waals surface area contributed by atoms with Crippen LogP contribution in [0.25, 0.3) is 0 Å². The van der Waals surface area contributed by atoms with Crippen LogP contribution >= 0.6 is 11.8 Å². The highest BCUT2D eigenvalue weighted by atomic mass is 32.2. The largest absolute Gasteiger partial charge is 0.340 e. The summed E-state index contributed by atoms with van der Waals surface area (Å²) in [7, 11) is 4.69. The fraction of sp³-hybridized carbons (Fsp3) is 0.429. The van der Waals surface area contributed by atoms with Crippen LogP contribution in [0.1, 0.15) is 6.42 Å². The lowest BCUT2D eigenvalue weighted by molar-refractivity contribution is -0.894. The summed E-state index contributed by atoms with van der Waals surface area (Å²) in [6.07, 6.45) is 1.21. The van der Waals surface area contributed by atoms with Crippen LogP contribution in [0.3, 0.4) is 0 Å². The summed E-state index contributed by atoms with van der Waals surface area (Å²) >= 11 is 1.89. The smallest absolute Gasteiger partial charge is 0.0912 e. The molecular weight excluding hydrogens is 326 g/mol. The predicted octanol–water partition coefficient (Wildman–Crippen LogP) is 4.07. The van der Waals surface area contributed by atoms with Crippen LogP contribution in [0.15, 0.2) is 58.3 Å². The molecule has 0 saturated carbocycles. The summed E-state index contributed by atoms with van der Waals surface area (Å²) in [5.74, 6) is 0. The predicted molar refractivity (Wildman–Crippen MR) is 107 cm³/mol. The van der Waals surface area contributed by atoms with Crippen molar-refractivity contribution in [1.82, 2.24) is 4.90 Å². The Morgan fingerprint density at radius 2 is 1.40 bits per heavy atom. The van der Waals surface area contributed by atoms with Crippen LogP contribution in [0.4, 0.5) is 11.4 Å². The van der Waals surface area contributed by atoms with Gasteiger partial charge in [0.15, 0.2) is 0 Å². The first-order chi connectivity index (χ1) is 12.1. The number of hydrogen-bond donors (Lipinski definition) is 0. The van der Waals surface area contributed by atoms with Gasteiger partial charge >= 0.3 is 0 Å². The molecule has 0 spiro atoms. The Morgan fingerprint density at radius 1 is 0.840 bits per heavy atom. The van der Waals surface area contributed by atoms with Gasteiger partial charge in [-0.15, -0.1) is 0 Å². The molecule has 4 heteroatoms. The van der Waals surface area contributed by atoms with E-state index in [-0.39, 0.29) is 0 Å². The summed E-state index contributed by atoms with van der Waals surface area (Å²) < 4.78 is 1.17. The van der Waals surface area contributed by atoms with Crippen molar-refractivity contribution in [1.29, 1.82) is 0 Å². The number of likely N-dealkylation sites (N-methyl/N-ethyl adjacent to an activating group) is 1. The van der Waals surface area contributed by atoms with Gasteiger partial charge in [-0.25, -0.2) is 0 Å². The van der Waals surface area contributed by atoms with Crippen molar-refractivity contribution in [2.24, 2.45) is 0 Å². The first-order valence-electron chi connectivity index (χ1n) is 9.30. The number of piperazine rings is 1. The molecule has 0 bridgehead atoms. The number of hydrogen-bond acceptors (Lipinski definition) is 3. The van der Waals surface area contributed by atoms with Crippen molar-refractivity contribution >= 4 is 23.1 Å². The Hall–Kier alpha value is -1.49. The third kappa shape index (κ3) is 3.71. The van der Waals surface area contributed by atoms with Crippen LogP contribution in [0.2, 0.25) is 0 Å². The standard InChI is InChI=1S/C21H28N3S/c1-24(2)16-14-22(15-17-24)12-7-13-23-18-8-3-5-10-20(18)25-21-11-6-4-9-19(21)23/h3-6,8-11H,7,12-17H2,1-2H3/q+1. The van der Waals surface area contributed by atoms with E-state index in [4.69, 9.17) is 0 Å². The molecule has 0 N–H and O–H groups in total. The third-order valence-corrected chi connectivity index (χ3v) is 6.56. The number of quaternary nitrogens is 1. The fourth-order valence-electron chi connectivity index (χ4n) is 3.75. The molecular formula is C21H28N3S+. The number of rotatable bonds is 4. The normalized spacial score (nSPS) is 19.4. The zero-order valence-corrected chi connectivity index (χ0v) is 16.1. The number of benzene rings is 2. The molecule has 3 nitrogen and oxygen atoms in total. The molecule has 2 aromatic carbocycles. The van der Waals surface area contributed by atoms with Gasteiger partial charge in [0.25, 0.3) is 0 Å². The molecule has 25 heavy (non-hydrogen) atoms. The molecule has 132 valence electrons. The van der Waals surface area contributed by atoms with Crippen molar-refractivity contribution < 1.29 is 4.48 Å². The van der Waals surface area contributed by atoms with Crippen molar-refractivity contribution in [3.63, 3.8) is 0 Å². The van der Waals surface area contributed by atoms with Crippen LogP contribution in [0.5, 0.6) is 0 Å². The second kappa shape index (κ2) is 7.02. The number of fused-ring (bicyclic) bond motifs is 2. The van der Waals surface area contributed by atoms with Crippen LogP contribution < -0.4 is 4.90 Å². The number of anilines is 2. The van der Waals surface area contributed by atoms with Gasteiger partial charge in [0.1, 0.15) is 0 Å². The molecule has 2 aromatic rings. The van der Waals surface area contributed by atoms with Gasteiger partial charge < -0.3 is 9.38 Å². The fourth-order valence-corrected chi connectivity index (χ4v) is 4.84. The molecule has 2 aliphatic rings. The van der Waals surface area contributed by atoms with Gasteiger partial charge in [0.05, 0.1) is 38.6 Å². The Bertz CT molecular complexity index is 688. The molecule has 0 aliphatic carbocycles. The van der Waals surface area contributed by atoms with E-state index >= 15 is 0 Å². The molecule has 0 aromatic heterocycles. The minimum atomic E-state index is 1.09. The Balaban J connectivity index is 1.44. The highest BCUT2D eigenvalue weighted by Gasteiger charge is 2.25. The molecule has 0 amide bonds. The second-order valence-corrected chi connectivity index (χ2v) is 8.85. The maximum Gasteiger partial charge on any atom is 0.0912 e. The number of nitrogens with zero attached hydrogens (tertiary/aromatic N) is 3. The second-order valence-electron chi connectivity index (χ2n) is 7.77. The van der Waals surface area contributed by atoms with Gasteiger partial charge in [-0.05, 0) is 30.7 Å². The monoisotopic (exact) mass is 354 g/mol. The van der Waals surface area contributed by atoms with Gasteiger partial charge in [-0.1, -0.05) is 36.0 Å². The van der Waals surface area contributed by atoms with Crippen LogP contribution in [0, 0.1) is 0 Å². The zero-order valence-electron chi connectivity index (χ0n) is 15.3. The molecule has 0 atom stereocenters. The minimum absolute atomic E-state index is 1.09. The number of para-hydroxylation sites is 2. The quantitative estimate of drug-likeness (QED) is 0.764. The topological polar surface area (TPSA) is 6.48 Å². The maximum atomic E-state index is 2.64. The van der Waals surface area contributed by atoms with Crippen LogP contribution in [-0.4, -0.2) is 62.7 Å². The zero-order chi connectivity index (χ0) is 17.3. The molecule has 0 unspecified atom stereocenters. The van der Waals surface area contributed by atoms with E-state index in [1.165, 1.54) is 64.8 Å². The highest BCUT2D eigenvalue weighted by Crippen LogP contribution is 2.47. The average molecular weight is 355 g/mol. The third-order valence-electron chi connectivity index (χ3n) is 5.43. The van der Waals surface area contributed by atoms with E-state index in [2.05, 4.69) is 72.4 Å². The van der Waals surface area contributed by atoms with E-state index in [1.807, 2.05) is 11.8 Å². The molecule has 2 heterocycles. The minimum Gasteiger partial charge on any atom is -0.340 e. The SMILES string of the molecule is C[N+]1(C)CCN(CCCN2c3ccccc3Sc3ccccc32)CC1. The van der Waals surface area contributed by atoms with E-state index in [1.54, 1.807) is 0 Å². The lowest BCUT2D eigenvalue weighted by Gasteiger charge is -2.39. The maximum absolute atomic E-state index is 2.64. The van der Waals surface area contributed by atoms with E-state index in [0.29, 0.717) is 0 Å². The summed E-state index contributed by atoms with van der Waals surface area (Å²) in [5.41, 5.74) is 2.73. The van der Waals surface area contributed by atoms with Crippen LogP contribution in [-0.2, 0) is 0 Å². The summed E-state index contributed by atoms with van der Waals surface area (Å²) in [4.78, 5) is 7.90. The van der Waals surface area contributed by atoms with Gasteiger partial charge in [0.2, 0.25) is 0 Å². The molecule has 1 fully saturated rings. The van der Waals surface area contributed by atoms with Crippen molar-refractivity contribution in [3.05, 3.63) is 48.5 Å². The Morgan fingerprint density at radius 3 is 2.00 bits per heavy atom. The Kier molecular flexibility index (Phi) is 4.76. The first kappa shape index (κ1) is 17.0. The molecule has 1 saturated heterocycles. The first-order valence-corrected chi connectivity index (χ1v) is 10.1. The Labute approximate surface area is 155 Å². The van der Waals surface area contributed by atoms with E-state index in [0.717, 1.165) is 6.54 Å². The van der Waals surface area contributed by atoms with Gasteiger partial charge in [-0.3, -0.25) is 4.90 Å². The highest BCUT2D eigenvalue weighted by molar-refractivity contribution is 7.99. The summed E-state index contributed by atoms with van der Waals surface area (Å²) in [5, 5.41) is 0. The lowest BCUT2D eigenvalue weighted by atomic mass is 10.2. The summed E-state index contributed by atoms with van der Waals surface area (Å²) in [6, 6.07) is 17.6. The average Bonchev–Trinajstić information content (AvgIpc) is 2.62. The molecule has 2 aliphatic heterocycles. The molecule has 4 rings (SSSR count). The lowest BCUT2D eigenvalue weighted by Crippen LogP contribution is -2.54. The van der Waals surface area contributed by atoms with E-state index in [9.17, 15) is 0 Å².